The molecular weight excluding hydrogens is 350 g/mol. The third kappa shape index (κ3) is 2.56. The van der Waals surface area contributed by atoms with Gasteiger partial charge in [-0.05, 0) is 36.4 Å². The molecule has 1 aliphatic heterocycles. The Morgan fingerprint density at radius 3 is 2.64 bits per heavy atom. The van der Waals surface area contributed by atoms with Crippen LogP contribution in [0.25, 0.3) is 0 Å². The molecule has 2 amide bonds. The number of halogens is 1. The monoisotopic (exact) mass is 361 g/mol. The molecule has 0 radical (unpaired) electrons. The number of aliphatic hydroxyl groups is 1. The molecule has 1 atom stereocenters. The van der Waals surface area contributed by atoms with Crippen molar-refractivity contribution in [3.63, 3.8) is 0 Å². The summed E-state index contributed by atoms with van der Waals surface area (Å²) in [4.78, 5) is 23.8. The zero-order valence-corrected chi connectivity index (χ0v) is 12.8. The van der Waals surface area contributed by atoms with Crippen LogP contribution in [-0.2, 0) is 0 Å². The summed E-state index contributed by atoms with van der Waals surface area (Å²) in [5.74, 6) is -0.732. The average Bonchev–Trinajstić information content (AvgIpc) is 2.74. The lowest BCUT2D eigenvalue weighted by atomic mass is 10.1. The summed E-state index contributed by atoms with van der Waals surface area (Å²) < 4.78 is 0.874. The molecule has 0 aliphatic carbocycles. The first kappa shape index (κ1) is 14.6. The van der Waals surface area contributed by atoms with Crippen molar-refractivity contribution in [1.29, 1.82) is 0 Å². The molecule has 3 rings (SSSR count). The van der Waals surface area contributed by atoms with Crippen LogP contribution in [0.2, 0.25) is 0 Å². The molecule has 0 bridgehead atoms. The molecule has 0 spiro atoms. The van der Waals surface area contributed by atoms with Gasteiger partial charge >= 0.3 is 0 Å². The Labute approximate surface area is 134 Å². The minimum atomic E-state index is -1.12. The standard InChI is InChI=1S/C15H12BrN3O3/c16-8-3-1-7(2-4-8)13(20)18-9-5-10-12(11(17)6-9)15(22)19-14(10)21/h1-6,14,21H,17H2,(H,18,20)(H,19,22). The van der Waals surface area contributed by atoms with Gasteiger partial charge in [0.2, 0.25) is 0 Å². The number of benzene rings is 2. The molecule has 22 heavy (non-hydrogen) atoms. The second kappa shape index (κ2) is 5.43. The highest BCUT2D eigenvalue weighted by Gasteiger charge is 2.29. The molecule has 1 heterocycles. The Morgan fingerprint density at radius 1 is 1.27 bits per heavy atom. The quantitative estimate of drug-likeness (QED) is 0.614. The maximum Gasteiger partial charge on any atom is 0.256 e. The summed E-state index contributed by atoms with van der Waals surface area (Å²) in [6.07, 6.45) is -1.12. The highest BCUT2D eigenvalue weighted by atomic mass is 79.9. The van der Waals surface area contributed by atoms with Crippen molar-refractivity contribution in [3.05, 3.63) is 57.6 Å². The maximum atomic E-state index is 12.2. The highest BCUT2D eigenvalue weighted by Crippen LogP contribution is 2.31. The zero-order valence-electron chi connectivity index (χ0n) is 11.3. The number of hydrogen-bond acceptors (Lipinski definition) is 4. The van der Waals surface area contributed by atoms with Crippen molar-refractivity contribution < 1.29 is 14.7 Å². The van der Waals surface area contributed by atoms with Crippen molar-refractivity contribution >= 4 is 39.1 Å². The summed E-state index contributed by atoms with van der Waals surface area (Å²) in [5, 5.41) is 14.8. The van der Waals surface area contributed by atoms with E-state index in [4.69, 9.17) is 5.73 Å². The van der Waals surface area contributed by atoms with Crippen LogP contribution in [0.1, 0.15) is 32.5 Å². The van der Waals surface area contributed by atoms with Crippen LogP contribution < -0.4 is 16.4 Å². The molecule has 0 aromatic heterocycles. The normalized spacial score (nSPS) is 16.1. The van der Waals surface area contributed by atoms with Gasteiger partial charge in [0.1, 0.15) is 0 Å². The van der Waals surface area contributed by atoms with Crippen molar-refractivity contribution in [2.75, 3.05) is 11.1 Å². The van der Waals surface area contributed by atoms with Crippen LogP contribution in [0.3, 0.4) is 0 Å². The minimum absolute atomic E-state index is 0.206. The molecule has 1 aliphatic rings. The van der Waals surface area contributed by atoms with E-state index in [-0.39, 0.29) is 17.2 Å². The number of carbonyl (C=O) groups is 2. The zero-order chi connectivity index (χ0) is 15.9. The third-order valence-electron chi connectivity index (χ3n) is 3.35. The summed E-state index contributed by atoms with van der Waals surface area (Å²) in [6, 6.07) is 9.90. The van der Waals surface area contributed by atoms with Crippen LogP contribution in [0.5, 0.6) is 0 Å². The molecule has 112 valence electrons. The molecule has 0 fully saturated rings. The topological polar surface area (TPSA) is 104 Å². The molecule has 2 aromatic rings. The lowest BCUT2D eigenvalue weighted by molar-refractivity contribution is 0.0850. The molecule has 7 heteroatoms. The predicted molar refractivity (Wildman–Crippen MR) is 85.4 cm³/mol. The van der Waals surface area contributed by atoms with Crippen molar-refractivity contribution in [2.45, 2.75) is 6.23 Å². The number of aliphatic hydroxyl groups excluding tert-OH is 1. The van der Waals surface area contributed by atoms with E-state index >= 15 is 0 Å². The fraction of sp³-hybridized carbons (Fsp3) is 0.0667. The average molecular weight is 362 g/mol. The summed E-state index contributed by atoms with van der Waals surface area (Å²) >= 11 is 3.30. The molecular formula is C15H12BrN3O3. The summed E-state index contributed by atoms with van der Waals surface area (Å²) in [6.45, 7) is 0. The van der Waals surface area contributed by atoms with E-state index in [9.17, 15) is 14.7 Å². The van der Waals surface area contributed by atoms with Gasteiger partial charge in [0.05, 0.1) is 5.56 Å². The lowest BCUT2D eigenvalue weighted by Crippen LogP contribution is -2.18. The van der Waals surface area contributed by atoms with E-state index < -0.39 is 12.1 Å². The van der Waals surface area contributed by atoms with Gasteiger partial charge < -0.3 is 21.5 Å². The van der Waals surface area contributed by atoms with Crippen molar-refractivity contribution in [3.8, 4) is 0 Å². The van der Waals surface area contributed by atoms with Gasteiger partial charge in [0.15, 0.2) is 6.23 Å². The van der Waals surface area contributed by atoms with Crippen LogP contribution >= 0.6 is 15.9 Å². The number of fused-ring (bicyclic) bond motifs is 1. The number of anilines is 2. The molecule has 0 saturated heterocycles. The lowest BCUT2D eigenvalue weighted by Gasteiger charge is -2.10. The van der Waals surface area contributed by atoms with Gasteiger partial charge in [-0.15, -0.1) is 0 Å². The molecule has 5 N–H and O–H groups in total. The minimum Gasteiger partial charge on any atom is -0.398 e. The number of amides is 2. The Bertz CT molecular complexity index is 774. The SMILES string of the molecule is Nc1cc(NC(=O)c2ccc(Br)cc2)cc2c1C(=O)NC2O. The second-order valence-electron chi connectivity index (χ2n) is 4.87. The molecule has 2 aromatic carbocycles. The summed E-state index contributed by atoms with van der Waals surface area (Å²) in [5.41, 5.74) is 7.54. The van der Waals surface area contributed by atoms with Gasteiger partial charge in [-0.1, -0.05) is 15.9 Å². The van der Waals surface area contributed by atoms with E-state index in [1.54, 1.807) is 24.3 Å². The number of nitrogen functional groups attached to an aromatic ring is 1. The summed E-state index contributed by atoms with van der Waals surface area (Å²) in [7, 11) is 0. The van der Waals surface area contributed by atoms with Gasteiger partial charge in [0.25, 0.3) is 11.8 Å². The fourth-order valence-corrected chi connectivity index (χ4v) is 2.58. The predicted octanol–water partition coefficient (Wildman–Crippen LogP) is 2.02. The van der Waals surface area contributed by atoms with E-state index in [1.165, 1.54) is 12.1 Å². The van der Waals surface area contributed by atoms with E-state index in [0.717, 1.165) is 4.47 Å². The Kier molecular flexibility index (Phi) is 3.59. The third-order valence-corrected chi connectivity index (χ3v) is 3.88. The fourth-order valence-electron chi connectivity index (χ4n) is 2.32. The van der Waals surface area contributed by atoms with E-state index in [1.807, 2.05) is 0 Å². The van der Waals surface area contributed by atoms with Crippen molar-refractivity contribution in [1.82, 2.24) is 5.32 Å². The van der Waals surface area contributed by atoms with Crippen LogP contribution in [0.15, 0.2) is 40.9 Å². The van der Waals surface area contributed by atoms with Crippen LogP contribution in [0.4, 0.5) is 11.4 Å². The number of nitrogens with two attached hydrogens (primary N) is 1. The van der Waals surface area contributed by atoms with E-state index in [2.05, 4.69) is 26.6 Å². The largest absolute Gasteiger partial charge is 0.398 e. The van der Waals surface area contributed by atoms with Crippen molar-refractivity contribution in [2.24, 2.45) is 0 Å². The Morgan fingerprint density at radius 2 is 1.95 bits per heavy atom. The van der Waals surface area contributed by atoms with Gasteiger partial charge in [-0.25, -0.2) is 0 Å². The molecule has 1 unspecified atom stereocenters. The number of rotatable bonds is 2. The second-order valence-corrected chi connectivity index (χ2v) is 5.78. The molecule has 6 nitrogen and oxygen atoms in total. The van der Waals surface area contributed by atoms with E-state index in [0.29, 0.717) is 16.8 Å². The van der Waals surface area contributed by atoms with Crippen LogP contribution in [0, 0.1) is 0 Å². The first-order valence-electron chi connectivity index (χ1n) is 6.45. The maximum absolute atomic E-state index is 12.2. The van der Waals surface area contributed by atoms with Gasteiger partial charge in [-0.3, -0.25) is 9.59 Å². The first-order valence-corrected chi connectivity index (χ1v) is 7.24. The van der Waals surface area contributed by atoms with Crippen LogP contribution in [-0.4, -0.2) is 16.9 Å². The highest BCUT2D eigenvalue weighted by molar-refractivity contribution is 9.10. The van der Waals surface area contributed by atoms with Gasteiger partial charge in [-0.2, -0.15) is 0 Å². The smallest absolute Gasteiger partial charge is 0.256 e. The van der Waals surface area contributed by atoms with Gasteiger partial charge in [0, 0.05) is 27.0 Å². The number of hydrogen-bond donors (Lipinski definition) is 4. The number of nitrogens with one attached hydrogen (secondary N) is 2. The molecule has 0 saturated carbocycles. The number of carbonyl (C=O) groups excluding carboxylic acids is 2. The Balaban J connectivity index is 1.89. The first-order chi connectivity index (χ1) is 10.5. The Hall–Kier alpha value is -2.38.